The normalized spacial score (nSPS) is 22.6. The molecule has 0 bridgehead atoms. The van der Waals surface area contributed by atoms with Gasteiger partial charge in [-0.1, -0.05) is 12.2 Å². The van der Waals surface area contributed by atoms with Crippen molar-refractivity contribution in [2.24, 2.45) is 0 Å². The van der Waals surface area contributed by atoms with Crippen LogP contribution >= 0.6 is 0 Å². The second-order valence-electron chi connectivity index (χ2n) is 8.90. The smallest absolute Gasteiger partial charge is 0.165 e. The molecule has 0 aromatic carbocycles. The van der Waals surface area contributed by atoms with Crippen molar-refractivity contribution in [3.8, 4) is 17.2 Å². The van der Waals surface area contributed by atoms with Crippen LogP contribution in [0.2, 0.25) is 0 Å². The molecule has 0 spiro atoms. The quantitative estimate of drug-likeness (QED) is 0.532. The Labute approximate surface area is 198 Å². The summed E-state index contributed by atoms with van der Waals surface area (Å²) < 4.78 is 14.5. The van der Waals surface area contributed by atoms with Crippen LogP contribution in [-0.2, 0) is 9.47 Å². The van der Waals surface area contributed by atoms with Crippen molar-refractivity contribution in [2.75, 3.05) is 26.1 Å². The van der Waals surface area contributed by atoms with E-state index in [1.54, 1.807) is 17.8 Å². The molecule has 9 nitrogen and oxygen atoms in total. The maximum absolute atomic E-state index is 9.73. The Morgan fingerprint density at radius 3 is 2.79 bits per heavy atom. The Morgan fingerprint density at radius 2 is 2.06 bits per heavy atom. The van der Waals surface area contributed by atoms with Gasteiger partial charge in [0.1, 0.15) is 5.82 Å². The van der Waals surface area contributed by atoms with Crippen molar-refractivity contribution in [1.82, 2.24) is 24.4 Å². The molecule has 3 aromatic heterocycles. The molecule has 0 amide bonds. The molecule has 2 aliphatic carbocycles. The number of fused-ring (bicyclic) bond motifs is 1. The first kappa shape index (κ1) is 22.3. The number of nitrogens with two attached hydrogens (primary N) is 1. The van der Waals surface area contributed by atoms with Crippen LogP contribution in [0.4, 0.5) is 5.82 Å². The summed E-state index contributed by atoms with van der Waals surface area (Å²) in [7, 11) is 1.63. The molecule has 0 unspecified atom stereocenters. The highest BCUT2D eigenvalue weighted by atomic mass is 16.5. The number of nitriles is 1. The van der Waals surface area contributed by atoms with Gasteiger partial charge in [0.15, 0.2) is 11.2 Å². The summed E-state index contributed by atoms with van der Waals surface area (Å²) in [5.41, 5.74) is 10.2. The van der Waals surface area contributed by atoms with Gasteiger partial charge in [-0.2, -0.15) is 20.0 Å². The average Bonchev–Trinajstić information content (AvgIpc) is 3.53. The molecule has 34 heavy (non-hydrogen) atoms. The van der Waals surface area contributed by atoms with Gasteiger partial charge < -0.3 is 15.2 Å². The largest absolute Gasteiger partial charge is 0.384 e. The molecule has 2 N–H and O–H groups in total. The second-order valence-corrected chi connectivity index (χ2v) is 8.90. The Hall–Kier alpha value is -3.48. The van der Waals surface area contributed by atoms with Gasteiger partial charge in [-0.25, -0.2) is 9.67 Å². The van der Waals surface area contributed by atoms with E-state index < -0.39 is 5.60 Å². The maximum Gasteiger partial charge on any atom is 0.165 e. The molecule has 0 saturated heterocycles. The molecule has 0 aliphatic heterocycles. The van der Waals surface area contributed by atoms with Gasteiger partial charge in [0.25, 0.3) is 0 Å². The van der Waals surface area contributed by atoms with Crippen LogP contribution in [0.25, 0.3) is 22.5 Å². The van der Waals surface area contributed by atoms with E-state index in [-0.39, 0.29) is 5.92 Å². The van der Waals surface area contributed by atoms with E-state index in [1.807, 2.05) is 23.1 Å². The molecule has 9 heteroatoms. The first-order valence-corrected chi connectivity index (χ1v) is 11.7. The number of anilines is 1. The van der Waals surface area contributed by atoms with Gasteiger partial charge in [0.05, 0.1) is 37.4 Å². The van der Waals surface area contributed by atoms with Gasteiger partial charge >= 0.3 is 0 Å². The fourth-order valence-corrected chi connectivity index (χ4v) is 4.78. The highest BCUT2D eigenvalue weighted by molar-refractivity contribution is 5.78. The Kier molecular flexibility index (Phi) is 6.18. The lowest BCUT2D eigenvalue weighted by Gasteiger charge is -2.34. The molecule has 5 rings (SSSR count). The lowest BCUT2D eigenvalue weighted by Crippen LogP contribution is -2.36. The van der Waals surface area contributed by atoms with Crippen LogP contribution in [0.15, 0.2) is 42.9 Å². The summed E-state index contributed by atoms with van der Waals surface area (Å²) >= 11 is 0. The monoisotopic (exact) mass is 459 g/mol. The van der Waals surface area contributed by atoms with Gasteiger partial charge in [0.2, 0.25) is 0 Å². The standard InChI is InChI=1S/C25H29N7O2/c1-33-11-12-34-25(17-26)9-7-18(8-10-25)22-13-23(27)32-24(30-22)21(15-29-32)19-14-28-31(16-19)20-5-3-2-4-6-20/h3,5-6,13-16,18H,2,4,7-12,27H2,1H3. The van der Waals surface area contributed by atoms with Crippen LogP contribution in [0.3, 0.4) is 0 Å². The van der Waals surface area contributed by atoms with E-state index in [0.29, 0.717) is 31.9 Å². The molecular formula is C25H29N7O2. The van der Waals surface area contributed by atoms with Gasteiger partial charge in [-0.15, -0.1) is 0 Å². The molecule has 176 valence electrons. The van der Waals surface area contributed by atoms with Crippen LogP contribution in [0.1, 0.15) is 50.1 Å². The minimum atomic E-state index is -0.747. The fraction of sp³-hybridized carbons (Fsp3) is 0.440. The Morgan fingerprint density at radius 1 is 1.21 bits per heavy atom. The van der Waals surface area contributed by atoms with E-state index in [4.69, 9.17) is 20.2 Å². The summed E-state index contributed by atoms with van der Waals surface area (Å²) in [4.78, 5) is 4.98. The van der Waals surface area contributed by atoms with Crippen LogP contribution in [0, 0.1) is 11.3 Å². The molecule has 2 aliphatic rings. The third-order valence-corrected chi connectivity index (χ3v) is 6.73. The molecule has 3 aromatic rings. The fourth-order valence-electron chi connectivity index (χ4n) is 4.78. The number of methoxy groups -OCH3 is 1. The predicted molar refractivity (Wildman–Crippen MR) is 129 cm³/mol. The average molecular weight is 460 g/mol. The summed E-state index contributed by atoms with van der Waals surface area (Å²) in [6.45, 7) is 0.904. The highest BCUT2D eigenvalue weighted by Gasteiger charge is 2.37. The van der Waals surface area contributed by atoms with Crippen LogP contribution < -0.4 is 5.73 Å². The molecule has 0 radical (unpaired) electrons. The summed E-state index contributed by atoms with van der Waals surface area (Å²) in [5, 5.41) is 18.7. The van der Waals surface area contributed by atoms with E-state index >= 15 is 0 Å². The van der Waals surface area contributed by atoms with Crippen molar-refractivity contribution < 1.29 is 9.47 Å². The predicted octanol–water partition coefficient (Wildman–Crippen LogP) is 3.95. The van der Waals surface area contributed by atoms with Crippen molar-refractivity contribution in [1.29, 1.82) is 5.26 Å². The number of nitrogens with zero attached hydrogens (tertiary/aromatic N) is 6. The summed E-state index contributed by atoms with van der Waals surface area (Å²) in [5.74, 6) is 0.757. The van der Waals surface area contributed by atoms with Gasteiger partial charge in [0, 0.05) is 42.1 Å². The molecule has 3 heterocycles. The molecular weight excluding hydrogens is 430 g/mol. The number of allylic oxidation sites excluding steroid dienone is 4. The first-order chi connectivity index (χ1) is 16.6. The van der Waals surface area contributed by atoms with Crippen molar-refractivity contribution in [3.63, 3.8) is 0 Å². The van der Waals surface area contributed by atoms with Gasteiger partial charge in [-0.3, -0.25) is 0 Å². The number of rotatable bonds is 7. The Balaban J connectivity index is 1.39. The summed E-state index contributed by atoms with van der Waals surface area (Å²) in [6, 6.07) is 4.29. The van der Waals surface area contributed by atoms with E-state index in [0.717, 1.165) is 53.8 Å². The number of hydrogen-bond acceptors (Lipinski definition) is 7. The highest BCUT2D eigenvalue weighted by Crippen LogP contribution is 2.40. The lowest BCUT2D eigenvalue weighted by molar-refractivity contribution is -0.0494. The van der Waals surface area contributed by atoms with Crippen molar-refractivity contribution in [2.45, 2.75) is 50.0 Å². The second kappa shape index (κ2) is 9.41. The third-order valence-electron chi connectivity index (χ3n) is 6.73. The zero-order valence-corrected chi connectivity index (χ0v) is 19.4. The van der Waals surface area contributed by atoms with Gasteiger partial charge in [-0.05, 0) is 44.6 Å². The van der Waals surface area contributed by atoms with E-state index in [1.165, 1.54) is 0 Å². The minimum absolute atomic E-state index is 0.211. The van der Waals surface area contributed by atoms with Crippen LogP contribution in [-0.4, -0.2) is 50.3 Å². The number of hydrogen-bond donors (Lipinski definition) is 1. The number of ether oxygens (including phenoxy) is 2. The zero-order valence-electron chi connectivity index (χ0n) is 19.4. The number of aromatic nitrogens is 5. The lowest BCUT2D eigenvalue weighted by atomic mass is 9.78. The molecule has 0 atom stereocenters. The third kappa shape index (κ3) is 4.22. The van der Waals surface area contributed by atoms with E-state index in [2.05, 4.69) is 34.5 Å². The topological polar surface area (TPSA) is 116 Å². The molecule has 1 saturated carbocycles. The SMILES string of the molecule is COCCOC1(C#N)CCC(c2cc(N)n3ncc(-c4cnn(C5=CCCC=C5)c4)c3n2)CC1. The van der Waals surface area contributed by atoms with Crippen LogP contribution in [0.5, 0.6) is 0 Å². The zero-order chi connectivity index (χ0) is 23.5. The summed E-state index contributed by atoms with van der Waals surface area (Å²) in [6.07, 6.45) is 17.1. The maximum atomic E-state index is 9.73. The van der Waals surface area contributed by atoms with E-state index in [9.17, 15) is 5.26 Å². The molecule has 1 fully saturated rings. The minimum Gasteiger partial charge on any atom is -0.384 e. The van der Waals surface area contributed by atoms with Crippen molar-refractivity contribution >= 4 is 17.2 Å². The first-order valence-electron chi connectivity index (χ1n) is 11.7. The van der Waals surface area contributed by atoms with Crippen molar-refractivity contribution in [3.05, 3.63) is 48.6 Å². The Bertz CT molecular complexity index is 1270. The number of nitrogen functional groups attached to an aromatic ring is 1.